The molecule has 1 atom stereocenters. The molecule has 0 aliphatic rings. The summed E-state index contributed by atoms with van der Waals surface area (Å²) in [4.78, 5) is 24.2. The molecule has 4 heteroatoms. The fraction of sp³-hybridized carbons (Fsp3) is 0.176. The van der Waals surface area contributed by atoms with E-state index in [2.05, 4.69) is 0 Å². The standard InChI is InChI=1S/C17H17NO3/c1-12(17(20)18(2)21)14-9-6-10-15(11-14)16(19)13-7-4-3-5-8-13/h3-12,21H,1-2H3/t12-/m1/s1. The fourth-order valence-corrected chi connectivity index (χ4v) is 2.13. The van der Waals surface area contributed by atoms with Gasteiger partial charge in [-0.05, 0) is 18.6 Å². The summed E-state index contributed by atoms with van der Waals surface area (Å²) in [6.45, 7) is 1.70. The van der Waals surface area contributed by atoms with Crippen molar-refractivity contribution in [3.63, 3.8) is 0 Å². The van der Waals surface area contributed by atoms with Crippen molar-refractivity contribution in [2.45, 2.75) is 12.8 Å². The molecule has 0 fully saturated rings. The van der Waals surface area contributed by atoms with Crippen LogP contribution in [0.5, 0.6) is 0 Å². The van der Waals surface area contributed by atoms with Crippen LogP contribution in [0.3, 0.4) is 0 Å². The molecule has 0 spiro atoms. The highest BCUT2D eigenvalue weighted by Crippen LogP contribution is 2.20. The molecule has 0 heterocycles. The number of ketones is 1. The summed E-state index contributed by atoms with van der Waals surface area (Å²) in [5.41, 5.74) is 1.83. The van der Waals surface area contributed by atoms with E-state index in [0.717, 1.165) is 0 Å². The molecule has 0 radical (unpaired) electrons. The summed E-state index contributed by atoms with van der Waals surface area (Å²) in [5.74, 6) is -1.02. The molecular formula is C17H17NO3. The van der Waals surface area contributed by atoms with Crippen LogP contribution in [0.1, 0.15) is 34.3 Å². The second-order valence-electron chi connectivity index (χ2n) is 4.90. The van der Waals surface area contributed by atoms with Crippen molar-refractivity contribution in [3.05, 3.63) is 71.3 Å². The van der Waals surface area contributed by atoms with Crippen molar-refractivity contribution < 1.29 is 14.8 Å². The molecule has 2 aromatic rings. The number of benzene rings is 2. The number of amides is 1. The number of nitrogens with zero attached hydrogens (tertiary/aromatic N) is 1. The molecule has 21 heavy (non-hydrogen) atoms. The van der Waals surface area contributed by atoms with Crippen molar-refractivity contribution in [1.29, 1.82) is 0 Å². The highest BCUT2D eigenvalue weighted by atomic mass is 16.5. The van der Waals surface area contributed by atoms with Crippen molar-refractivity contribution in [1.82, 2.24) is 5.06 Å². The third-order valence-electron chi connectivity index (χ3n) is 3.37. The highest BCUT2D eigenvalue weighted by molar-refractivity contribution is 6.09. The molecule has 0 aliphatic heterocycles. The van der Waals surface area contributed by atoms with E-state index < -0.39 is 11.8 Å². The quantitative estimate of drug-likeness (QED) is 0.533. The van der Waals surface area contributed by atoms with Crippen LogP contribution in [-0.2, 0) is 4.79 Å². The van der Waals surface area contributed by atoms with Crippen molar-refractivity contribution in [2.75, 3.05) is 7.05 Å². The Kier molecular flexibility index (Phi) is 4.50. The molecule has 4 nitrogen and oxygen atoms in total. The Balaban J connectivity index is 2.30. The third-order valence-corrected chi connectivity index (χ3v) is 3.37. The van der Waals surface area contributed by atoms with Gasteiger partial charge in [-0.15, -0.1) is 0 Å². The Bertz CT molecular complexity index is 650. The fourth-order valence-electron chi connectivity index (χ4n) is 2.13. The number of carbonyl (C=O) groups is 2. The van der Waals surface area contributed by atoms with Gasteiger partial charge in [0.2, 0.25) is 0 Å². The van der Waals surface area contributed by atoms with Crippen LogP contribution in [0.2, 0.25) is 0 Å². The Hall–Kier alpha value is -2.46. The lowest BCUT2D eigenvalue weighted by Gasteiger charge is -2.16. The van der Waals surface area contributed by atoms with Gasteiger partial charge in [0.1, 0.15) is 0 Å². The van der Waals surface area contributed by atoms with Crippen molar-refractivity contribution in [3.8, 4) is 0 Å². The summed E-state index contributed by atoms with van der Waals surface area (Å²) in [5, 5.41) is 9.79. The highest BCUT2D eigenvalue weighted by Gasteiger charge is 2.19. The van der Waals surface area contributed by atoms with Crippen molar-refractivity contribution >= 4 is 11.7 Å². The summed E-state index contributed by atoms with van der Waals surface area (Å²) in [7, 11) is 1.29. The smallest absolute Gasteiger partial charge is 0.252 e. The average Bonchev–Trinajstić information content (AvgIpc) is 2.53. The second kappa shape index (κ2) is 6.33. The van der Waals surface area contributed by atoms with Gasteiger partial charge in [0.05, 0.1) is 5.92 Å². The minimum absolute atomic E-state index is 0.0885. The normalized spacial score (nSPS) is 11.8. The van der Waals surface area contributed by atoms with E-state index in [-0.39, 0.29) is 5.78 Å². The van der Waals surface area contributed by atoms with Crippen LogP contribution in [-0.4, -0.2) is 29.0 Å². The van der Waals surface area contributed by atoms with Gasteiger partial charge in [-0.25, -0.2) is 5.06 Å². The van der Waals surface area contributed by atoms with Gasteiger partial charge in [-0.2, -0.15) is 0 Å². The molecular weight excluding hydrogens is 266 g/mol. The summed E-state index contributed by atoms with van der Waals surface area (Å²) < 4.78 is 0. The minimum Gasteiger partial charge on any atom is -0.289 e. The van der Waals surface area contributed by atoms with Gasteiger partial charge < -0.3 is 0 Å². The first-order valence-electron chi connectivity index (χ1n) is 6.67. The van der Waals surface area contributed by atoms with E-state index in [1.807, 2.05) is 18.2 Å². The Morgan fingerprint density at radius 3 is 2.24 bits per heavy atom. The van der Waals surface area contributed by atoms with E-state index in [1.165, 1.54) is 7.05 Å². The maximum Gasteiger partial charge on any atom is 0.252 e. The molecule has 2 aromatic carbocycles. The molecule has 0 bridgehead atoms. The van der Waals surface area contributed by atoms with E-state index in [0.29, 0.717) is 21.8 Å². The number of carbonyl (C=O) groups excluding carboxylic acids is 2. The van der Waals surface area contributed by atoms with Gasteiger partial charge >= 0.3 is 0 Å². The number of hydrogen-bond donors (Lipinski definition) is 1. The van der Waals surface area contributed by atoms with E-state index >= 15 is 0 Å². The van der Waals surface area contributed by atoms with Crippen LogP contribution in [0.15, 0.2) is 54.6 Å². The first-order valence-corrected chi connectivity index (χ1v) is 6.67. The SMILES string of the molecule is C[C@@H](C(=O)N(C)O)c1cccc(C(=O)c2ccccc2)c1. The molecule has 0 saturated carbocycles. The summed E-state index contributed by atoms with van der Waals surface area (Å²) in [6, 6.07) is 15.9. The molecule has 0 unspecified atom stereocenters. The number of hydrogen-bond acceptors (Lipinski definition) is 3. The molecule has 1 amide bonds. The summed E-state index contributed by atoms with van der Waals surface area (Å²) >= 11 is 0. The average molecular weight is 283 g/mol. The van der Waals surface area contributed by atoms with Gasteiger partial charge in [-0.3, -0.25) is 14.8 Å². The zero-order chi connectivity index (χ0) is 15.4. The molecule has 2 rings (SSSR count). The predicted molar refractivity (Wildman–Crippen MR) is 79.3 cm³/mol. The van der Waals surface area contributed by atoms with Crippen molar-refractivity contribution in [2.24, 2.45) is 0 Å². The van der Waals surface area contributed by atoms with Crippen LogP contribution < -0.4 is 0 Å². The Labute approximate surface area is 123 Å². The molecule has 1 N–H and O–H groups in total. The molecule has 0 saturated heterocycles. The first kappa shape index (κ1) is 14.9. The number of hydroxylamine groups is 2. The van der Waals surface area contributed by atoms with Crippen LogP contribution in [0.4, 0.5) is 0 Å². The Morgan fingerprint density at radius 1 is 1.00 bits per heavy atom. The number of likely N-dealkylation sites (N-methyl/N-ethyl adjacent to an activating group) is 1. The van der Waals surface area contributed by atoms with Crippen LogP contribution in [0.25, 0.3) is 0 Å². The van der Waals surface area contributed by atoms with E-state index in [9.17, 15) is 14.8 Å². The maximum absolute atomic E-state index is 12.4. The second-order valence-corrected chi connectivity index (χ2v) is 4.90. The molecule has 0 aliphatic carbocycles. The van der Waals surface area contributed by atoms with Gasteiger partial charge in [0.15, 0.2) is 5.78 Å². The van der Waals surface area contributed by atoms with Gasteiger partial charge in [-0.1, -0.05) is 48.5 Å². The molecule has 0 aromatic heterocycles. The zero-order valence-electron chi connectivity index (χ0n) is 12.0. The van der Waals surface area contributed by atoms with Crippen LogP contribution in [0, 0.1) is 0 Å². The van der Waals surface area contributed by atoms with Gasteiger partial charge in [0, 0.05) is 18.2 Å². The summed E-state index contributed by atoms with van der Waals surface area (Å²) in [6.07, 6.45) is 0. The lowest BCUT2D eigenvalue weighted by molar-refractivity contribution is -0.160. The largest absolute Gasteiger partial charge is 0.289 e. The lowest BCUT2D eigenvalue weighted by Crippen LogP contribution is -2.27. The molecule has 108 valence electrons. The maximum atomic E-state index is 12.4. The van der Waals surface area contributed by atoms with E-state index in [1.54, 1.807) is 43.3 Å². The zero-order valence-corrected chi connectivity index (χ0v) is 12.0. The van der Waals surface area contributed by atoms with E-state index in [4.69, 9.17) is 0 Å². The number of rotatable bonds is 4. The lowest BCUT2D eigenvalue weighted by atomic mass is 9.95. The first-order chi connectivity index (χ1) is 10.0. The monoisotopic (exact) mass is 283 g/mol. The third kappa shape index (κ3) is 3.35. The van der Waals surface area contributed by atoms with Gasteiger partial charge in [0.25, 0.3) is 5.91 Å². The minimum atomic E-state index is -0.511. The predicted octanol–water partition coefficient (Wildman–Crippen LogP) is 2.87. The van der Waals surface area contributed by atoms with Crippen LogP contribution >= 0.6 is 0 Å². The topological polar surface area (TPSA) is 57.6 Å². The Morgan fingerprint density at radius 2 is 1.62 bits per heavy atom.